The molecule has 4 fully saturated rings. The smallest absolute Gasteiger partial charge is 0.404 e. The summed E-state index contributed by atoms with van der Waals surface area (Å²) in [4.78, 5) is 34.8. The molecule has 3 saturated carbocycles. The molecule has 210 valence electrons. The Morgan fingerprint density at radius 2 is 1.87 bits per heavy atom. The number of aromatic nitrogens is 2. The van der Waals surface area contributed by atoms with Crippen LogP contribution in [0.3, 0.4) is 0 Å². The van der Waals surface area contributed by atoms with Crippen molar-refractivity contribution in [3.63, 3.8) is 0 Å². The van der Waals surface area contributed by atoms with E-state index in [9.17, 15) is 9.59 Å². The zero-order valence-electron chi connectivity index (χ0n) is 24.4. The third-order valence-corrected chi connectivity index (χ3v) is 8.72. The zero-order chi connectivity index (χ0) is 28.0. The van der Waals surface area contributed by atoms with E-state index < -0.39 is 30.8 Å². The molecule has 2 bridgehead atoms. The molecular formula is C28H45BN4O5. The second-order valence-electron chi connectivity index (χ2n) is 13.6. The van der Waals surface area contributed by atoms with E-state index in [2.05, 4.69) is 55.2 Å². The minimum atomic E-state index is -0.954. The summed E-state index contributed by atoms with van der Waals surface area (Å²) in [7, 11) is -0.554. The van der Waals surface area contributed by atoms with Crippen LogP contribution in [0.25, 0.3) is 0 Å². The van der Waals surface area contributed by atoms with Crippen molar-refractivity contribution in [1.29, 1.82) is 0 Å². The van der Waals surface area contributed by atoms with Gasteiger partial charge in [-0.2, -0.15) is 0 Å². The van der Waals surface area contributed by atoms with Gasteiger partial charge in [0.15, 0.2) is 0 Å². The van der Waals surface area contributed by atoms with Crippen LogP contribution in [-0.4, -0.2) is 64.3 Å². The standard InChI is InChI=1S/C28H45BN4O5/c1-16(2)12-22(29-37-21-14-18-13-20(27(18,7)8)28(21,9)38-29)32-25(35)23(17(3)36-26(4,5)6)33-24(34)19-15-30-10-11-31-19/h10-11,15-18,20-23H,12-14H2,1-9H3,(H,32,35)(H,33,34)/t17-,18+,20+,21-,22+,23+,28+/m1/s1. The predicted octanol–water partition coefficient (Wildman–Crippen LogP) is 3.58. The Morgan fingerprint density at radius 1 is 1.16 bits per heavy atom. The number of ether oxygens (including phenoxy) is 1. The Morgan fingerprint density at radius 3 is 2.45 bits per heavy atom. The van der Waals surface area contributed by atoms with Crippen molar-refractivity contribution in [3.05, 3.63) is 24.3 Å². The number of rotatable bonds is 9. The zero-order valence-corrected chi connectivity index (χ0v) is 24.4. The summed E-state index contributed by atoms with van der Waals surface area (Å²) < 4.78 is 19.3. The van der Waals surface area contributed by atoms with Crippen LogP contribution in [0.5, 0.6) is 0 Å². The first-order chi connectivity index (χ1) is 17.6. The normalized spacial score (nSPS) is 30.2. The average Bonchev–Trinajstić information content (AvgIpc) is 3.18. The van der Waals surface area contributed by atoms with Gasteiger partial charge in [0.1, 0.15) is 11.7 Å². The summed E-state index contributed by atoms with van der Waals surface area (Å²) in [5.41, 5.74) is -0.517. The number of amides is 2. The van der Waals surface area contributed by atoms with Crippen molar-refractivity contribution < 1.29 is 23.6 Å². The van der Waals surface area contributed by atoms with Crippen LogP contribution in [0.1, 0.15) is 92.1 Å². The highest BCUT2D eigenvalue weighted by Gasteiger charge is 2.68. The summed E-state index contributed by atoms with van der Waals surface area (Å²) in [5.74, 6) is 0.158. The first-order valence-electron chi connectivity index (χ1n) is 14.0. The Bertz CT molecular complexity index is 1020. The van der Waals surface area contributed by atoms with Gasteiger partial charge < -0.3 is 24.7 Å². The van der Waals surface area contributed by atoms with Gasteiger partial charge in [0.25, 0.3) is 5.91 Å². The Labute approximate surface area is 227 Å². The fraction of sp³-hybridized carbons (Fsp3) is 0.786. The minimum absolute atomic E-state index is 0.0196. The van der Waals surface area contributed by atoms with Crippen molar-refractivity contribution in [2.75, 3.05) is 0 Å². The number of nitrogens with one attached hydrogen (secondary N) is 2. The van der Waals surface area contributed by atoms with Crippen molar-refractivity contribution in [3.8, 4) is 0 Å². The van der Waals surface area contributed by atoms with E-state index in [1.807, 2.05) is 20.8 Å². The molecule has 38 heavy (non-hydrogen) atoms. The van der Waals surface area contributed by atoms with Gasteiger partial charge in [-0.05, 0) is 77.0 Å². The molecule has 1 saturated heterocycles. The van der Waals surface area contributed by atoms with Crippen LogP contribution >= 0.6 is 0 Å². The lowest BCUT2D eigenvalue weighted by Gasteiger charge is -2.64. The molecule has 1 aromatic rings. The lowest BCUT2D eigenvalue weighted by molar-refractivity contribution is -0.199. The van der Waals surface area contributed by atoms with Gasteiger partial charge in [0.05, 0.1) is 35.5 Å². The predicted molar refractivity (Wildman–Crippen MR) is 145 cm³/mol. The Balaban J connectivity index is 1.53. The molecule has 9 nitrogen and oxygen atoms in total. The van der Waals surface area contributed by atoms with Crippen molar-refractivity contribution in [1.82, 2.24) is 20.6 Å². The largest absolute Gasteiger partial charge is 0.481 e. The van der Waals surface area contributed by atoms with Crippen LogP contribution in [0.2, 0.25) is 0 Å². The maximum atomic E-state index is 13.8. The molecule has 3 aliphatic carbocycles. The summed E-state index contributed by atoms with van der Waals surface area (Å²) in [6.45, 7) is 18.6. The van der Waals surface area contributed by atoms with Gasteiger partial charge in [-0.1, -0.05) is 27.7 Å². The molecule has 0 radical (unpaired) electrons. The lowest BCUT2D eigenvalue weighted by Crippen LogP contribution is -2.65. The molecule has 0 spiro atoms. The molecule has 1 aromatic heterocycles. The third-order valence-electron chi connectivity index (χ3n) is 8.72. The quantitative estimate of drug-likeness (QED) is 0.472. The van der Waals surface area contributed by atoms with E-state index in [1.54, 1.807) is 6.92 Å². The molecule has 4 aliphatic rings. The van der Waals surface area contributed by atoms with E-state index in [1.165, 1.54) is 18.6 Å². The van der Waals surface area contributed by atoms with Crippen molar-refractivity contribution in [2.24, 2.45) is 23.2 Å². The van der Waals surface area contributed by atoms with Crippen LogP contribution in [0.4, 0.5) is 0 Å². The van der Waals surface area contributed by atoms with Gasteiger partial charge in [-0.3, -0.25) is 14.6 Å². The lowest BCUT2D eigenvalue weighted by atomic mass is 9.43. The van der Waals surface area contributed by atoms with Gasteiger partial charge in [-0.15, -0.1) is 0 Å². The summed E-state index contributed by atoms with van der Waals surface area (Å²) >= 11 is 0. The molecule has 2 amide bonds. The molecule has 0 aromatic carbocycles. The highest BCUT2D eigenvalue weighted by Crippen LogP contribution is 2.65. The first-order valence-corrected chi connectivity index (χ1v) is 14.0. The van der Waals surface area contributed by atoms with Crippen LogP contribution in [0, 0.1) is 23.2 Å². The van der Waals surface area contributed by atoms with Gasteiger partial charge in [-0.25, -0.2) is 4.98 Å². The Hall–Kier alpha value is -2.04. The van der Waals surface area contributed by atoms with E-state index in [0.29, 0.717) is 24.2 Å². The molecule has 5 rings (SSSR count). The Kier molecular flexibility index (Phi) is 8.01. The second-order valence-corrected chi connectivity index (χ2v) is 13.6. The van der Waals surface area contributed by atoms with E-state index in [4.69, 9.17) is 14.0 Å². The van der Waals surface area contributed by atoms with Gasteiger partial charge in [0, 0.05) is 12.4 Å². The molecule has 2 heterocycles. The SMILES string of the molecule is CC(C)C[C@H](NC(=O)[C@@H](NC(=O)c1cnccn1)[C@@H](C)OC(C)(C)C)B1O[C@@H]2C[C@@H]3C[C@@H](C3(C)C)[C@]2(C)O1. The number of carbonyl (C=O) groups excluding carboxylic acids is 2. The fourth-order valence-electron chi connectivity index (χ4n) is 6.74. The first kappa shape index (κ1) is 29.0. The fourth-order valence-corrected chi connectivity index (χ4v) is 6.74. The molecule has 0 unspecified atom stereocenters. The van der Waals surface area contributed by atoms with Gasteiger partial charge in [0.2, 0.25) is 5.91 Å². The van der Waals surface area contributed by atoms with Crippen LogP contribution < -0.4 is 10.6 Å². The van der Waals surface area contributed by atoms with Gasteiger partial charge >= 0.3 is 7.12 Å². The maximum absolute atomic E-state index is 13.8. The van der Waals surface area contributed by atoms with Crippen LogP contribution in [0.15, 0.2) is 18.6 Å². The molecule has 2 N–H and O–H groups in total. The minimum Gasteiger partial charge on any atom is -0.404 e. The number of carbonyl (C=O) groups is 2. The molecular weight excluding hydrogens is 483 g/mol. The molecule has 1 aliphatic heterocycles. The van der Waals surface area contributed by atoms with Crippen LogP contribution in [-0.2, 0) is 18.8 Å². The highest BCUT2D eigenvalue weighted by molar-refractivity contribution is 6.48. The summed E-state index contributed by atoms with van der Waals surface area (Å²) in [5, 5.41) is 6.00. The van der Waals surface area contributed by atoms with Crippen molar-refractivity contribution >= 4 is 18.9 Å². The summed E-state index contributed by atoms with van der Waals surface area (Å²) in [6, 6.07) is -0.954. The number of hydrogen-bond acceptors (Lipinski definition) is 7. The second kappa shape index (κ2) is 10.5. The molecule has 10 heteroatoms. The van der Waals surface area contributed by atoms with E-state index >= 15 is 0 Å². The van der Waals surface area contributed by atoms with Crippen molar-refractivity contribution in [2.45, 2.75) is 117 Å². The average molecular weight is 529 g/mol. The highest BCUT2D eigenvalue weighted by atomic mass is 16.7. The summed E-state index contributed by atoms with van der Waals surface area (Å²) in [6.07, 6.45) is 6.54. The number of nitrogens with zero attached hydrogens (tertiary/aromatic N) is 2. The molecule has 7 atom stereocenters. The van der Waals surface area contributed by atoms with E-state index in [0.717, 1.165) is 12.8 Å². The third kappa shape index (κ3) is 5.77. The van der Waals surface area contributed by atoms with E-state index in [-0.39, 0.29) is 34.7 Å². The topological polar surface area (TPSA) is 112 Å². The monoisotopic (exact) mass is 528 g/mol. The maximum Gasteiger partial charge on any atom is 0.481 e. The number of hydrogen-bond donors (Lipinski definition) is 2.